The third-order valence-corrected chi connectivity index (χ3v) is 3.64. The van der Waals surface area contributed by atoms with E-state index in [0.29, 0.717) is 0 Å². The largest absolute Gasteiger partial charge is 0.496 e. The lowest BCUT2D eigenvalue weighted by Crippen LogP contribution is -2.39. The van der Waals surface area contributed by atoms with E-state index < -0.39 is 0 Å². The van der Waals surface area contributed by atoms with Gasteiger partial charge in [0.15, 0.2) is 0 Å². The predicted octanol–water partition coefficient (Wildman–Crippen LogP) is 3.12. The van der Waals surface area contributed by atoms with E-state index in [2.05, 4.69) is 19.1 Å². The van der Waals surface area contributed by atoms with E-state index in [1.807, 2.05) is 6.07 Å². The minimum absolute atomic E-state index is 0.171. The molecule has 0 aliphatic heterocycles. The van der Waals surface area contributed by atoms with Crippen molar-refractivity contribution >= 4 is 0 Å². The van der Waals surface area contributed by atoms with Gasteiger partial charge < -0.3 is 10.5 Å². The second-order valence-corrected chi connectivity index (χ2v) is 4.92. The fourth-order valence-electron chi connectivity index (χ4n) is 2.66. The number of nitrogens with two attached hydrogens (primary N) is 1. The Balaban J connectivity index is 2.40. The van der Waals surface area contributed by atoms with Crippen molar-refractivity contribution in [2.75, 3.05) is 7.11 Å². The van der Waals surface area contributed by atoms with E-state index in [0.717, 1.165) is 18.6 Å². The van der Waals surface area contributed by atoms with Gasteiger partial charge in [0.2, 0.25) is 0 Å². The number of aryl methyl sites for hydroxylation is 1. The normalized spacial score (nSPS) is 19.4. The number of hydrogen-bond acceptors (Lipinski definition) is 2. The molecule has 1 aliphatic carbocycles. The molecule has 2 N–H and O–H groups in total. The molecule has 0 bridgehead atoms. The van der Waals surface area contributed by atoms with Crippen LogP contribution in [0, 0.1) is 6.92 Å². The Kier molecular flexibility index (Phi) is 3.20. The van der Waals surface area contributed by atoms with Crippen LogP contribution in [-0.4, -0.2) is 7.11 Å². The molecule has 0 unspecified atom stereocenters. The number of methoxy groups -OCH3 is 1. The Morgan fingerprint density at radius 2 is 1.88 bits per heavy atom. The Morgan fingerprint density at radius 1 is 1.19 bits per heavy atom. The van der Waals surface area contributed by atoms with E-state index >= 15 is 0 Å². The zero-order valence-electron chi connectivity index (χ0n) is 10.3. The van der Waals surface area contributed by atoms with E-state index in [9.17, 15) is 0 Å². The summed E-state index contributed by atoms with van der Waals surface area (Å²) < 4.78 is 5.44. The second-order valence-electron chi connectivity index (χ2n) is 4.92. The number of ether oxygens (including phenoxy) is 1. The molecule has 2 rings (SSSR count). The molecule has 1 aliphatic rings. The quantitative estimate of drug-likeness (QED) is 0.829. The van der Waals surface area contributed by atoms with Crippen molar-refractivity contribution in [3.05, 3.63) is 29.3 Å². The molecule has 1 saturated carbocycles. The second kappa shape index (κ2) is 4.46. The van der Waals surface area contributed by atoms with Crippen LogP contribution in [0.15, 0.2) is 18.2 Å². The summed E-state index contributed by atoms with van der Waals surface area (Å²) in [6.45, 7) is 2.11. The summed E-state index contributed by atoms with van der Waals surface area (Å²) in [5, 5.41) is 0. The van der Waals surface area contributed by atoms with Crippen LogP contribution < -0.4 is 10.5 Å². The summed E-state index contributed by atoms with van der Waals surface area (Å²) in [4.78, 5) is 0. The van der Waals surface area contributed by atoms with Crippen LogP contribution >= 0.6 is 0 Å². The Hall–Kier alpha value is -1.02. The summed E-state index contributed by atoms with van der Waals surface area (Å²) in [5.41, 5.74) is 8.82. The van der Waals surface area contributed by atoms with E-state index in [1.165, 1.54) is 30.4 Å². The van der Waals surface area contributed by atoms with E-state index in [-0.39, 0.29) is 5.54 Å². The fraction of sp³-hybridized carbons (Fsp3) is 0.571. The molecule has 0 atom stereocenters. The fourth-order valence-corrected chi connectivity index (χ4v) is 2.66. The van der Waals surface area contributed by atoms with Crippen molar-refractivity contribution in [2.45, 2.75) is 44.6 Å². The highest BCUT2D eigenvalue weighted by molar-refractivity contribution is 5.42. The molecule has 0 heterocycles. The number of benzene rings is 1. The van der Waals surface area contributed by atoms with Gasteiger partial charge in [-0.2, -0.15) is 0 Å². The molecule has 1 aromatic rings. The molecular formula is C14H21NO. The van der Waals surface area contributed by atoms with Gasteiger partial charge in [-0.1, -0.05) is 37.0 Å². The first-order chi connectivity index (χ1) is 7.65. The molecule has 88 valence electrons. The monoisotopic (exact) mass is 219 g/mol. The van der Waals surface area contributed by atoms with Crippen molar-refractivity contribution in [3.63, 3.8) is 0 Å². The average Bonchev–Trinajstić information content (AvgIpc) is 2.30. The summed E-state index contributed by atoms with van der Waals surface area (Å²) >= 11 is 0. The van der Waals surface area contributed by atoms with Crippen LogP contribution in [0.4, 0.5) is 0 Å². The Bertz CT molecular complexity index is 367. The topological polar surface area (TPSA) is 35.2 Å². The third-order valence-electron chi connectivity index (χ3n) is 3.64. The van der Waals surface area contributed by atoms with Crippen molar-refractivity contribution in [3.8, 4) is 5.75 Å². The molecule has 0 saturated heterocycles. The van der Waals surface area contributed by atoms with Crippen molar-refractivity contribution < 1.29 is 4.74 Å². The first-order valence-electron chi connectivity index (χ1n) is 6.10. The Labute approximate surface area is 97.8 Å². The Morgan fingerprint density at radius 3 is 2.50 bits per heavy atom. The van der Waals surface area contributed by atoms with Crippen LogP contribution in [0.25, 0.3) is 0 Å². The maximum atomic E-state index is 6.55. The molecule has 1 fully saturated rings. The van der Waals surface area contributed by atoms with Gasteiger partial charge in [-0.25, -0.2) is 0 Å². The molecule has 2 nitrogen and oxygen atoms in total. The van der Waals surface area contributed by atoms with Gasteiger partial charge in [-0.05, 0) is 25.8 Å². The molecule has 0 radical (unpaired) electrons. The van der Waals surface area contributed by atoms with Crippen molar-refractivity contribution in [2.24, 2.45) is 5.73 Å². The maximum absolute atomic E-state index is 6.55. The molecule has 2 heteroatoms. The molecule has 0 aromatic heterocycles. The summed E-state index contributed by atoms with van der Waals surface area (Å²) in [5.74, 6) is 0.940. The lowest BCUT2D eigenvalue weighted by Gasteiger charge is -2.35. The molecule has 1 aromatic carbocycles. The highest BCUT2D eigenvalue weighted by Crippen LogP contribution is 2.39. The van der Waals surface area contributed by atoms with E-state index in [1.54, 1.807) is 7.11 Å². The number of rotatable bonds is 2. The molecule has 0 spiro atoms. The average molecular weight is 219 g/mol. The first kappa shape index (κ1) is 11.5. The molecule has 0 amide bonds. The van der Waals surface area contributed by atoms with Gasteiger partial charge >= 0.3 is 0 Å². The highest BCUT2D eigenvalue weighted by Gasteiger charge is 2.31. The summed E-state index contributed by atoms with van der Waals surface area (Å²) in [7, 11) is 1.72. The maximum Gasteiger partial charge on any atom is 0.123 e. The third kappa shape index (κ3) is 2.07. The van der Waals surface area contributed by atoms with Crippen LogP contribution in [0.2, 0.25) is 0 Å². The summed E-state index contributed by atoms with van der Waals surface area (Å²) in [6, 6.07) is 6.30. The van der Waals surface area contributed by atoms with Gasteiger partial charge in [0, 0.05) is 11.1 Å². The standard InChI is InChI=1S/C14H21NO/c1-11-6-7-13(16-2)12(10-11)14(15)8-4-3-5-9-14/h6-7,10H,3-5,8-9,15H2,1-2H3. The minimum Gasteiger partial charge on any atom is -0.496 e. The van der Waals surface area contributed by atoms with Crippen molar-refractivity contribution in [1.82, 2.24) is 0 Å². The van der Waals surface area contributed by atoms with Gasteiger partial charge in [-0.3, -0.25) is 0 Å². The van der Waals surface area contributed by atoms with Gasteiger partial charge in [0.1, 0.15) is 5.75 Å². The molecular weight excluding hydrogens is 198 g/mol. The van der Waals surface area contributed by atoms with E-state index in [4.69, 9.17) is 10.5 Å². The van der Waals surface area contributed by atoms with Gasteiger partial charge in [-0.15, -0.1) is 0 Å². The zero-order valence-corrected chi connectivity index (χ0v) is 10.3. The molecule has 16 heavy (non-hydrogen) atoms. The SMILES string of the molecule is COc1ccc(C)cc1C1(N)CCCCC1. The zero-order chi connectivity index (χ0) is 11.6. The van der Waals surface area contributed by atoms with Gasteiger partial charge in [0.25, 0.3) is 0 Å². The smallest absolute Gasteiger partial charge is 0.123 e. The summed E-state index contributed by atoms with van der Waals surface area (Å²) in [6.07, 6.45) is 5.92. The predicted molar refractivity (Wildman–Crippen MR) is 66.7 cm³/mol. The van der Waals surface area contributed by atoms with Crippen LogP contribution in [0.1, 0.15) is 43.2 Å². The minimum atomic E-state index is -0.171. The van der Waals surface area contributed by atoms with Crippen molar-refractivity contribution in [1.29, 1.82) is 0 Å². The van der Waals surface area contributed by atoms with Crippen LogP contribution in [0.3, 0.4) is 0 Å². The van der Waals surface area contributed by atoms with Crippen LogP contribution in [0.5, 0.6) is 5.75 Å². The van der Waals surface area contributed by atoms with Gasteiger partial charge in [0.05, 0.1) is 7.11 Å². The van der Waals surface area contributed by atoms with Crippen LogP contribution in [-0.2, 0) is 5.54 Å². The number of hydrogen-bond donors (Lipinski definition) is 1. The lowest BCUT2D eigenvalue weighted by atomic mass is 9.77. The first-order valence-corrected chi connectivity index (χ1v) is 6.10. The lowest BCUT2D eigenvalue weighted by molar-refractivity contribution is 0.289. The highest BCUT2D eigenvalue weighted by atomic mass is 16.5.